The summed E-state index contributed by atoms with van der Waals surface area (Å²) in [5.74, 6) is 0.177. The highest BCUT2D eigenvalue weighted by Gasteiger charge is 2.28. The van der Waals surface area contributed by atoms with Gasteiger partial charge in [0, 0.05) is 5.57 Å². The third-order valence-electron chi connectivity index (χ3n) is 1.93. The molecule has 0 fully saturated rings. The van der Waals surface area contributed by atoms with E-state index in [1.165, 1.54) is 0 Å². The molecule has 3 heteroatoms. The SMILES string of the molecule is C=C/C(C)=C/C1SC(=O)C(C)=C1O. The van der Waals surface area contributed by atoms with Crippen LogP contribution in [0.15, 0.2) is 35.6 Å². The van der Waals surface area contributed by atoms with Gasteiger partial charge in [0.25, 0.3) is 0 Å². The third kappa shape index (κ3) is 2.04. The molecule has 0 bridgehead atoms. The second-order valence-corrected chi connectivity index (χ2v) is 4.07. The van der Waals surface area contributed by atoms with Crippen LogP contribution in [0, 0.1) is 0 Å². The fourth-order valence-corrected chi connectivity index (χ4v) is 2.08. The summed E-state index contributed by atoms with van der Waals surface area (Å²) in [6.45, 7) is 7.13. The van der Waals surface area contributed by atoms with Crippen molar-refractivity contribution in [3.8, 4) is 0 Å². The summed E-state index contributed by atoms with van der Waals surface area (Å²) >= 11 is 1.14. The maximum absolute atomic E-state index is 11.2. The summed E-state index contributed by atoms with van der Waals surface area (Å²) in [6, 6.07) is 0. The van der Waals surface area contributed by atoms with Crippen LogP contribution in [0.4, 0.5) is 0 Å². The van der Waals surface area contributed by atoms with E-state index in [0.29, 0.717) is 5.57 Å². The fourth-order valence-electron chi connectivity index (χ4n) is 0.997. The van der Waals surface area contributed by atoms with Gasteiger partial charge < -0.3 is 5.11 Å². The van der Waals surface area contributed by atoms with E-state index in [1.54, 1.807) is 13.0 Å². The number of allylic oxidation sites excluding steroid dienone is 2. The maximum Gasteiger partial charge on any atom is 0.219 e. The highest BCUT2D eigenvalue weighted by molar-refractivity contribution is 8.15. The van der Waals surface area contributed by atoms with E-state index in [-0.39, 0.29) is 16.1 Å². The van der Waals surface area contributed by atoms with Gasteiger partial charge in [-0.25, -0.2) is 0 Å². The molecular weight excluding hydrogens is 184 g/mol. The van der Waals surface area contributed by atoms with Crippen LogP contribution in [0.2, 0.25) is 0 Å². The van der Waals surface area contributed by atoms with Crippen molar-refractivity contribution in [2.75, 3.05) is 0 Å². The Bertz CT molecular complexity index is 313. The number of rotatable bonds is 2. The van der Waals surface area contributed by atoms with Crippen molar-refractivity contribution < 1.29 is 9.90 Å². The number of hydrogen-bond acceptors (Lipinski definition) is 3. The summed E-state index contributed by atoms with van der Waals surface area (Å²) in [6.07, 6.45) is 3.54. The summed E-state index contributed by atoms with van der Waals surface area (Å²) in [4.78, 5) is 11.2. The van der Waals surface area contributed by atoms with Crippen molar-refractivity contribution in [3.05, 3.63) is 35.6 Å². The second-order valence-electron chi connectivity index (χ2n) is 2.95. The Morgan fingerprint density at radius 2 is 2.31 bits per heavy atom. The lowest BCUT2D eigenvalue weighted by molar-refractivity contribution is -0.107. The number of aliphatic hydroxyl groups excluding tert-OH is 1. The predicted molar refractivity (Wildman–Crippen MR) is 55.7 cm³/mol. The van der Waals surface area contributed by atoms with Crippen LogP contribution >= 0.6 is 11.8 Å². The normalized spacial score (nSPS) is 24.0. The van der Waals surface area contributed by atoms with Gasteiger partial charge in [-0.15, -0.1) is 0 Å². The zero-order valence-corrected chi connectivity index (χ0v) is 8.52. The Morgan fingerprint density at radius 1 is 1.69 bits per heavy atom. The van der Waals surface area contributed by atoms with Crippen molar-refractivity contribution in [3.63, 3.8) is 0 Å². The molecule has 1 N–H and O–H groups in total. The van der Waals surface area contributed by atoms with Gasteiger partial charge in [-0.2, -0.15) is 0 Å². The van der Waals surface area contributed by atoms with Crippen LogP contribution in [-0.4, -0.2) is 15.5 Å². The molecule has 2 nitrogen and oxygen atoms in total. The minimum Gasteiger partial charge on any atom is -0.510 e. The summed E-state index contributed by atoms with van der Waals surface area (Å²) < 4.78 is 0. The van der Waals surface area contributed by atoms with Gasteiger partial charge in [0.1, 0.15) is 5.76 Å². The lowest BCUT2D eigenvalue weighted by Crippen LogP contribution is -1.98. The van der Waals surface area contributed by atoms with Crippen LogP contribution in [0.25, 0.3) is 0 Å². The maximum atomic E-state index is 11.2. The van der Waals surface area contributed by atoms with E-state index in [4.69, 9.17) is 0 Å². The number of carbonyl (C=O) groups excluding carboxylic acids is 1. The van der Waals surface area contributed by atoms with E-state index >= 15 is 0 Å². The van der Waals surface area contributed by atoms with E-state index in [1.807, 2.05) is 13.0 Å². The first-order valence-electron chi connectivity index (χ1n) is 3.98. The standard InChI is InChI=1S/C10H12O2S/c1-4-6(2)5-8-9(11)7(3)10(12)13-8/h4-5,8,11H,1H2,2-3H3/b6-5+. The Balaban J connectivity index is 2.89. The Kier molecular flexibility index (Phi) is 2.98. The van der Waals surface area contributed by atoms with Gasteiger partial charge in [0.05, 0.1) is 5.25 Å². The summed E-state index contributed by atoms with van der Waals surface area (Å²) in [7, 11) is 0. The first-order chi connectivity index (χ1) is 6.06. The van der Waals surface area contributed by atoms with Crippen molar-refractivity contribution in [2.24, 2.45) is 0 Å². The highest BCUT2D eigenvalue weighted by atomic mass is 32.2. The Morgan fingerprint density at radius 3 is 2.69 bits per heavy atom. The van der Waals surface area contributed by atoms with E-state index in [9.17, 15) is 9.90 Å². The van der Waals surface area contributed by atoms with Crippen molar-refractivity contribution >= 4 is 16.9 Å². The molecule has 13 heavy (non-hydrogen) atoms. The van der Waals surface area contributed by atoms with Gasteiger partial charge in [0.15, 0.2) is 0 Å². The van der Waals surface area contributed by atoms with Crippen molar-refractivity contribution in [1.82, 2.24) is 0 Å². The van der Waals surface area contributed by atoms with Crippen molar-refractivity contribution in [2.45, 2.75) is 19.1 Å². The number of aliphatic hydroxyl groups is 1. The fraction of sp³-hybridized carbons (Fsp3) is 0.300. The van der Waals surface area contributed by atoms with Crippen LogP contribution in [0.1, 0.15) is 13.8 Å². The lowest BCUT2D eigenvalue weighted by atomic mass is 10.2. The molecule has 1 aliphatic heterocycles. The molecule has 0 aromatic rings. The highest BCUT2D eigenvalue weighted by Crippen LogP contribution is 2.33. The molecule has 1 rings (SSSR count). The molecule has 1 atom stereocenters. The minimum absolute atomic E-state index is 0.0457. The number of thioether (sulfide) groups is 1. The summed E-state index contributed by atoms with van der Waals surface area (Å²) in [5.41, 5.74) is 1.43. The molecule has 0 aromatic carbocycles. The molecule has 0 radical (unpaired) electrons. The zero-order chi connectivity index (χ0) is 10.0. The third-order valence-corrected chi connectivity index (χ3v) is 3.06. The lowest BCUT2D eigenvalue weighted by Gasteiger charge is -2.02. The molecule has 1 heterocycles. The smallest absolute Gasteiger partial charge is 0.219 e. The topological polar surface area (TPSA) is 37.3 Å². The molecule has 70 valence electrons. The quantitative estimate of drug-likeness (QED) is 0.690. The van der Waals surface area contributed by atoms with Gasteiger partial charge in [0.2, 0.25) is 5.12 Å². The monoisotopic (exact) mass is 196 g/mol. The Labute approximate surface area is 82.0 Å². The molecule has 1 unspecified atom stereocenters. The predicted octanol–water partition coefficient (Wildman–Crippen LogP) is 2.59. The molecule has 1 aliphatic rings. The van der Waals surface area contributed by atoms with Crippen LogP contribution in [0.5, 0.6) is 0 Å². The number of carbonyl (C=O) groups is 1. The molecule has 0 aromatic heterocycles. The summed E-state index contributed by atoms with van der Waals surface area (Å²) in [5, 5.41) is 9.27. The first-order valence-corrected chi connectivity index (χ1v) is 4.85. The molecular formula is C10H12O2S. The van der Waals surface area contributed by atoms with E-state index < -0.39 is 0 Å². The second kappa shape index (κ2) is 3.83. The molecule has 0 aliphatic carbocycles. The van der Waals surface area contributed by atoms with Gasteiger partial charge in [-0.3, -0.25) is 4.79 Å². The van der Waals surface area contributed by atoms with Gasteiger partial charge >= 0.3 is 0 Å². The molecule has 0 saturated heterocycles. The van der Waals surface area contributed by atoms with Crippen LogP contribution in [0.3, 0.4) is 0 Å². The molecule has 0 amide bonds. The average molecular weight is 196 g/mol. The van der Waals surface area contributed by atoms with E-state index in [0.717, 1.165) is 17.3 Å². The zero-order valence-electron chi connectivity index (χ0n) is 7.70. The Hall–Kier alpha value is -0.960. The largest absolute Gasteiger partial charge is 0.510 e. The average Bonchev–Trinajstić information content (AvgIpc) is 2.34. The first kappa shape index (κ1) is 10.1. The number of hydrogen-bond donors (Lipinski definition) is 1. The van der Waals surface area contributed by atoms with Crippen molar-refractivity contribution in [1.29, 1.82) is 0 Å². The van der Waals surface area contributed by atoms with Gasteiger partial charge in [-0.05, 0) is 13.8 Å². The minimum atomic E-state index is -0.217. The van der Waals surface area contributed by atoms with Gasteiger partial charge in [-0.1, -0.05) is 36.1 Å². The molecule has 0 spiro atoms. The molecule has 0 saturated carbocycles. The van der Waals surface area contributed by atoms with E-state index in [2.05, 4.69) is 6.58 Å². The van der Waals surface area contributed by atoms with Crippen LogP contribution < -0.4 is 0 Å². The van der Waals surface area contributed by atoms with Crippen LogP contribution in [-0.2, 0) is 4.79 Å².